The van der Waals surface area contributed by atoms with Crippen LogP contribution in [0, 0.1) is 6.92 Å². The van der Waals surface area contributed by atoms with Crippen molar-refractivity contribution in [1.82, 2.24) is 14.5 Å². The van der Waals surface area contributed by atoms with Crippen molar-refractivity contribution in [2.45, 2.75) is 44.9 Å². The maximum Gasteiger partial charge on any atom is 0.208 e. The third kappa shape index (κ3) is 3.54. The molecule has 3 aromatic rings. The number of hydrogen-bond acceptors (Lipinski definition) is 5. The summed E-state index contributed by atoms with van der Waals surface area (Å²) in [6, 6.07) is 9.00. The molecular formula is C22H27N3O3. The van der Waals surface area contributed by atoms with Crippen molar-refractivity contribution >= 4 is 10.9 Å². The fourth-order valence-corrected chi connectivity index (χ4v) is 4.35. The number of aryl methyl sites for hydroxylation is 1. The molecule has 2 aliphatic rings. The van der Waals surface area contributed by atoms with Crippen LogP contribution in [0.15, 0.2) is 41.1 Å². The predicted molar refractivity (Wildman–Crippen MR) is 107 cm³/mol. The molecule has 1 unspecified atom stereocenters. The normalized spacial score (nSPS) is 21.5. The lowest BCUT2D eigenvalue weighted by atomic mass is 10.1. The smallest absolute Gasteiger partial charge is 0.208 e. The number of benzene rings is 1. The fraction of sp³-hybridized carbons (Fsp3) is 0.500. The molecule has 4 heterocycles. The van der Waals surface area contributed by atoms with Crippen LogP contribution in [0.5, 0.6) is 5.75 Å². The average Bonchev–Trinajstić information content (AvgIpc) is 3.44. The molecule has 0 saturated carbocycles. The number of oxazole rings is 1. The van der Waals surface area contributed by atoms with Gasteiger partial charge in [0.25, 0.3) is 0 Å². The zero-order chi connectivity index (χ0) is 18.9. The van der Waals surface area contributed by atoms with Crippen LogP contribution in [0.3, 0.4) is 0 Å². The van der Waals surface area contributed by atoms with Crippen LogP contribution in [0.4, 0.5) is 0 Å². The Hall–Kier alpha value is -2.31. The fourth-order valence-electron chi connectivity index (χ4n) is 4.35. The first-order chi connectivity index (χ1) is 13.8. The standard InChI is InChI=1S/C22H27N3O3/c1-16-13-23-22(27-16)14-24-9-5-18(6-10-24)28-21-4-2-3-20-19(21)7-11-25(20)17-8-12-26-15-17/h2-4,7,11,13,17-18H,5-6,8-10,12,14-15H2,1H3. The maximum absolute atomic E-state index is 6.44. The first-order valence-electron chi connectivity index (χ1n) is 10.2. The molecule has 0 N–H and O–H groups in total. The van der Waals surface area contributed by atoms with Gasteiger partial charge in [-0.25, -0.2) is 4.98 Å². The minimum absolute atomic E-state index is 0.256. The number of aromatic nitrogens is 2. The van der Waals surface area contributed by atoms with Gasteiger partial charge < -0.3 is 18.5 Å². The van der Waals surface area contributed by atoms with E-state index in [0.29, 0.717) is 6.04 Å². The first-order valence-corrected chi connectivity index (χ1v) is 10.2. The Morgan fingerprint density at radius 1 is 1.18 bits per heavy atom. The van der Waals surface area contributed by atoms with Gasteiger partial charge in [0.2, 0.25) is 5.89 Å². The number of rotatable bonds is 5. The van der Waals surface area contributed by atoms with Crippen LogP contribution in [-0.2, 0) is 11.3 Å². The van der Waals surface area contributed by atoms with E-state index >= 15 is 0 Å². The second-order valence-electron chi connectivity index (χ2n) is 7.89. The van der Waals surface area contributed by atoms with Crippen LogP contribution >= 0.6 is 0 Å². The van der Waals surface area contributed by atoms with Crippen LogP contribution < -0.4 is 4.74 Å². The number of ether oxygens (including phenoxy) is 2. The second-order valence-corrected chi connectivity index (χ2v) is 7.89. The van der Waals surface area contributed by atoms with Gasteiger partial charge in [-0.15, -0.1) is 0 Å². The van der Waals surface area contributed by atoms with Gasteiger partial charge in [-0.1, -0.05) is 6.07 Å². The zero-order valence-corrected chi connectivity index (χ0v) is 16.3. The SMILES string of the molecule is Cc1cnc(CN2CCC(Oc3cccc4c3ccn4C3CCOC3)CC2)o1. The van der Waals surface area contributed by atoms with Gasteiger partial charge in [0.15, 0.2) is 0 Å². The van der Waals surface area contributed by atoms with Gasteiger partial charge in [-0.3, -0.25) is 4.90 Å². The van der Waals surface area contributed by atoms with E-state index in [1.165, 1.54) is 10.9 Å². The third-order valence-electron chi connectivity index (χ3n) is 5.88. The molecule has 0 bridgehead atoms. The molecular weight excluding hydrogens is 354 g/mol. The topological polar surface area (TPSA) is 52.7 Å². The van der Waals surface area contributed by atoms with E-state index in [2.05, 4.69) is 44.9 Å². The quantitative estimate of drug-likeness (QED) is 0.670. The van der Waals surface area contributed by atoms with Gasteiger partial charge in [-0.05, 0) is 44.4 Å². The molecule has 1 atom stereocenters. The Balaban J connectivity index is 1.24. The summed E-state index contributed by atoms with van der Waals surface area (Å²) in [5.74, 6) is 2.67. The summed E-state index contributed by atoms with van der Waals surface area (Å²) in [7, 11) is 0. The Kier molecular flexibility index (Phi) is 4.82. The van der Waals surface area contributed by atoms with E-state index in [0.717, 1.165) is 69.5 Å². The van der Waals surface area contributed by atoms with Crippen molar-refractivity contribution < 1.29 is 13.9 Å². The van der Waals surface area contributed by atoms with E-state index in [4.69, 9.17) is 13.9 Å². The van der Waals surface area contributed by atoms with Crippen molar-refractivity contribution in [3.05, 3.63) is 48.3 Å². The Morgan fingerprint density at radius 2 is 2.07 bits per heavy atom. The average molecular weight is 381 g/mol. The largest absolute Gasteiger partial charge is 0.490 e. The lowest BCUT2D eigenvalue weighted by molar-refractivity contribution is 0.0927. The molecule has 0 amide bonds. The van der Waals surface area contributed by atoms with Crippen molar-refractivity contribution in [1.29, 1.82) is 0 Å². The summed E-state index contributed by atoms with van der Waals surface area (Å²) >= 11 is 0. The minimum Gasteiger partial charge on any atom is -0.490 e. The van der Waals surface area contributed by atoms with E-state index in [1.54, 1.807) is 6.20 Å². The highest BCUT2D eigenvalue weighted by atomic mass is 16.5. The maximum atomic E-state index is 6.44. The Morgan fingerprint density at radius 3 is 2.82 bits per heavy atom. The summed E-state index contributed by atoms with van der Waals surface area (Å²) in [6.07, 6.45) is 7.34. The molecule has 2 aromatic heterocycles. The minimum atomic E-state index is 0.256. The van der Waals surface area contributed by atoms with Crippen molar-refractivity contribution in [2.24, 2.45) is 0 Å². The molecule has 0 spiro atoms. The number of piperidine rings is 1. The summed E-state index contributed by atoms with van der Waals surface area (Å²) in [5.41, 5.74) is 1.24. The van der Waals surface area contributed by atoms with Gasteiger partial charge in [-0.2, -0.15) is 0 Å². The summed E-state index contributed by atoms with van der Waals surface area (Å²) in [6.45, 7) is 6.38. The molecule has 0 radical (unpaired) electrons. The van der Waals surface area contributed by atoms with Gasteiger partial charge >= 0.3 is 0 Å². The summed E-state index contributed by atoms with van der Waals surface area (Å²) in [5, 5.41) is 1.20. The monoisotopic (exact) mass is 381 g/mol. The number of hydrogen-bond donors (Lipinski definition) is 0. The van der Waals surface area contributed by atoms with Gasteiger partial charge in [0.05, 0.1) is 30.9 Å². The lowest BCUT2D eigenvalue weighted by Crippen LogP contribution is -2.37. The van der Waals surface area contributed by atoms with E-state index in [9.17, 15) is 0 Å². The molecule has 5 rings (SSSR count). The highest BCUT2D eigenvalue weighted by Gasteiger charge is 2.23. The molecule has 6 nitrogen and oxygen atoms in total. The van der Waals surface area contributed by atoms with E-state index in [1.807, 2.05) is 6.92 Å². The molecule has 2 fully saturated rings. The van der Waals surface area contributed by atoms with Crippen LogP contribution in [0.2, 0.25) is 0 Å². The van der Waals surface area contributed by atoms with E-state index in [-0.39, 0.29) is 6.10 Å². The molecule has 2 saturated heterocycles. The number of likely N-dealkylation sites (tertiary alicyclic amines) is 1. The molecule has 2 aliphatic heterocycles. The summed E-state index contributed by atoms with van der Waals surface area (Å²) < 4.78 is 20.0. The van der Waals surface area contributed by atoms with Crippen LogP contribution in [0.1, 0.15) is 37.0 Å². The first kappa shape index (κ1) is 17.8. The van der Waals surface area contributed by atoms with Crippen molar-refractivity contribution in [2.75, 3.05) is 26.3 Å². The number of nitrogens with zero attached hydrogens (tertiary/aromatic N) is 3. The molecule has 1 aromatic carbocycles. The molecule has 148 valence electrons. The van der Waals surface area contributed by atoms with Crippen LogP contribution in [0.25, 0.3) is 10.9 Å². The lowest BCUT2D eigenvalue weighted by Gasteiger charge is -2.31. The van der Waals surface area contributed by atoms with Gasteiger partial charge in [0, 0.05) is 31.3 Å². The second kappa shape index (κ2) is 7.60. The zero-order valence-electron chi connectivity index (χ0n) is 16.3. The molecule has 6 heteroatoms. The van der Waals surface area contributed by atoms with E-state index < -0.39 is 0 Å². The highest BCUT2D eigenvalue weighted by Crippen LogP contribution is 2.32. The Labute approximate surface area is 165 Å². The number of fused-ring (bicyclic) bond motifs is 1. The van der Waals surface area contributed by atoms with Crippen LogP contribution in [-0.4, -0.2) is 46.9 Å². The summed E-state index contributed by atoms with van der Waals surface area (Å²) in [4.78, 5) is 6.71. The predicted octanol–water partition coefficient (Wildman–Crippen LogP) is 3.94. The molecule has 0 aliphatic carbocycles. The van der Waals surface area contributed by atoms with Crippen molar-refractivity contribution in [3.63, 3.8) is 0 Å². The van der Waals surface area contributed by atoms with Crippen molar-refractivity contribution in [3.8, 4) is 5.75 Å². The van der Waals surface area contributed by atoms with Gasteiger partial charge in [0.1, 0.15) is 17.6 Å². The molecule has 28 heavy (non-hydrogen) atoms. The third-order valence-corrected chi connectivity index (χ3v) is 5.88. The highest BCUT2D eigenvalue weighted by molar-refractivity contribution is 5.86. The Bertz CT molecular complexity index is 934.